The molecule has 1 aromatic heterocycles. The van der Waals surface area contributed by atoms with Gasteiger partial charge in [0.25, 0.3) is 0 Å². The monoisotopic (exact) mass is 192 g/mol. The van der Waals surface area contributed by atoms with E-state index in [1.54, 1.807) is 6.33 Å². The highest BCUT2D eigenvalue weighted by Crippen LogP contribution is 2.28. The summed E-state index contributed by atoms with van der Waals surface area (Å²) in [5.74, 6) is 2.63. The molecule has 1 saturated carbocycles. The summed E-state index contributed by atoms with van der Waals surface area (Å²) in [6.45, 7) is 2.27. The van der Waals surface area contributed by atoms with Crippen LogP contribution in [-0.4, -0.2) is 23.1 Å². The summed E-state index contributed by atoms with van der Waals surface area (Å²) in [5.41, 5.74) is 0. The first-order valence-electron chi connectivity index (χ1n) is 5.04. The van der Waals surface area contributed by atoms with Gasteiger partial charge in [-0.15, -0.1) is 0 Å². The molecule has 0 spiro atoms. The minimum atomic E-state index is 0.601. The van der Waals surface area contributed by atoms with E-state index in [0.717, 1.165) is 17.6 Å². The van der Waals surface area contributed by atoms with Gasteiger partial charge in [-0.2, -0.15) is 0 Å². The highest BCUT2D eigenvalue weighted by molar-refractivity contribution is 5.46. The predicted octanol–water partition coefficient (Wildman–Crippen LogP) is 1.73. The largest absolute Gasteiger partial charge is 0.373 e. The standard InChI is InChI=1S/C10H16N4/c1-7-3-8(4-7)14-10-5-9(11-2)12-6-13-10/h5-8H,3-4H2,1-2H3,(H2,11,12,13,14). The quantitative estimate of drug-likeness (QED) is 0.765. The third-order valence-corrected chi connectivity index (χ3v) is 2.65. The number of hydrogen-bond donors (Lipinski definition) is 2. The van der Waals surface area contributed by atoms with E-state index in [0.29, 0.717) is 6.04 Å². The molecule has 2 rings (SSSR count). The zero-order valence-corrected chi connectivity index (χ0v) is 8.62. The predicted molar refractivity (Wildman–Crippen MR) is 57.4 cm³/mol. The van der Waals surface area contributed by atoms with Crippen molar-refractivity contribution in [1.82, 2.24) is 9.97 Å². The molecule has 4 heteroatoms. The molecular formula is C10H16N4. The van der Waals surface area contributed by atoms with Gasteiger partial charge in [0.2, 0.25) is 0 Å². The van der Waals surface area contributed by atoms with Gasteiger partial charge in [0.15, 0.2) is 0 Å². The molecule has 1 aromatic rings. The van der Waals surface area contributed by atoms with E-state index >= 15 is 0 Å². The zero-order valence-electron chi connectivity index (χ0n) is 8.62. The van der Waals surface area contributed by atoms with Gasteiger partial charge in [0.05, 0.1) is 0 Å². The lowest BCUT2D eigenvalue weighted by Crippen LogP contribution is -2.34. The average Bonchev–Trinajstić information content (AvgIpc) is 2.16. The van der Waals surface area contributed by atoms with E-state index in [9.17, 15) is 0 Å². The first-order valence-corrected chi connectivity index (χ1v) is 5.04. The molecule has 76 valence electrons. The summed E-state index contributed by atoms with van der Waals surface area (Å²) >= 11 is 0. The van der Waals surface area contributed by atoms with Gasteiger partial charge in [-0.3, -0.25) is 0 Å². The Labute approximate surface area is 84.2 Å². The SMILES string of the molecule is CNc1cc(NC2CC(C)C2)ncn1. The molecule has 0 amide bonds. The van der Waals surface area contributed by atoms with Gasteiger partial charge in [-0.25, -0.2) is 9.97 Å². The Morgan fingerprint density at radius 1 is 1.29 bits per heavy atom. The van der Waals surface area contributed by atoms with Gasteiger partial charge in [0.1, 0.15) is 18.0 Å². The molecule has 0 saturated heterocycles. The highest BCUT2D eigenvalue weighted by atomic mass is 15.1. The van der Waals surface area contributed by atoms with Crippen molar-refractivity contribution in [1.29, 1.82) is 0 Å². The molecule has 1 heterocycles. The Bertz CT molecular complexity index is 307. The van der Waals surface area contributed by atoms with E-state index < -0.39 is 0 Å². The van der Waals surface area contributed by atoms with Gasteiger partial charge < -0.3 is 10.6 Å². The van der Waals surface area contributed by atoms with Crippen LogP contribution in [0.2, 0.25) is 0 Å². The first kappa shape index (κ1) is 9.24. The Hall–Kier alpha value is -1.32. The fraction of sp³-hybridized carbons (Fsp3) is 0.600. The number of nitrogens with one attached hydrogen (secondary N) is 2. The fourth-order valence-corrected chi connectivity index (χ4v) is 1.80. The number of rotatable bonds is 3. The summed E-state index contributed by atoms with van der Waals surface area (Å²) in [6, 6.07) is 2.54. The van der Waals surface area contributed by atoms with Crippen molar-refractivity contribution in [3.05, 3.63) is 12.4 Å². The van der Waals surface area contributed by atoms with E-state index in [4.69, 9.17) is 0 Å². The fourth-order valence-electron chi connectivity index (χ4n) is 1.80. The lowest BCUT2D eigenvalue weighted by molar-refractivity contribution is 0.308. The second kappa shape index (κ2) is 3.82. The summed E-state index contributed by atoms with van der Waals surface area (Å²) in [7, 11) is 1.86. The van der Waals surface area contributed by atoms with E-state index in [1.165, 1.54) is 12.8 Å². The second-order valence-corrected chi connectivity index (χ2v) is 3.96. The maximum atomic E-state index is 4.17. The summed E-state index contributed by atoms with van der Waals surface area (Å²) in [5, 5.41) is 6.39. The first-order chi connectivity index (χ1) is 6.78. The summed E-state index contributed by atoms with van der Waals surface area (Å²) in [6.07, 6.45) is 4.08. The lowest BCUT2D eigenvalue weighted by atomic mass is 9.82. The topological polar surface area (TPSA) is 49.8 Å². The van der Waals surface area contributed by atoms with Crippen LogP contribution >= 0.6 is 0 Å². The van der Waals surface area contributed by atoms with Crippen molar-refractivity contribution in [3.63, 3.8) is 0 Å². The van der Waals surface area contributed by atoms with Crippen LogP contribution < -0.4 is 10.6 Å². The number of anilines is 2. The molecule has 1 fully saturated rings. The number of hydrogen-bond acceptors (Lipinski definition) is 4. The third-order valence-electron chi connectivity index (χ3n) is 2.65. The van der Waals surface area contributed by atoms with E-state index in [1.807, 2.05) is 13.1 Å². The Morgan fingerprint density at radius 3 is 2.64 bits per heavy atom. The van der Waals surface area contributed by atoms with Gasteiger partial charge in [-0.05, 0) is 18.8 Å². The van der Waals surface area contributed by atoms with Gasteiger partial charge in [-0.1, -0.05) is 6.92 Å². The van der Waals surface area contributed by atoms with Crippen LogP contribution in [0.3, 0.4) is 0 Å². The maximum Gasteiger partial charge on any atom is 0.131 e. The molecule has 0 bridgehead atoms. The molecule has 4 nitrogen and oxygen atoms in total. The Balaban J connectivity index is 1.95. The van der Waals surface area contributed by atoms with Crippen molar-refractivity contribution >= 4 is 11.6 Å². The molecule has 0 unspecified atom stereocenters. The molecule has 0 atom stereocenters. The minimum absolute atomic E-state index is 0.601. The van der Waals surface area contributed by atoms with Crippen LogP contribution in [-0.2, 0) is 0 Å². The van der Waals surface area contributed by atoms with Crippen LogP contribution in [0.4, 0.5) is 11.6 Å². The highest BCUT2D eigenvalue weighted by Gasteiger charge is 2.25. The van der Waals surface area contributed by atoms with Crippen molar-refractivity contribution in [3.8, 4) is 0 Å². The molecular weight excluding hydrogens is 176 g/mol. The van der Waals surface area contributed by atoms with E-state index in [-0.39, 0.29) is 0 Å². The molecule has 2 N–H and O–H groups in total. The Morgan fingerprint density at radius 2 is 2.00 bits per heavy atom. The average molecular weight is 192 g/mol. The molecule has 0 aliphatic heterocycles. The van der Waals surface area contributed by atoms with Gasteiger partial charge >= 0.3 is 0 Å². The van der Waals surface area contributed by atoms with Crippen molar-refractivity contribution < 1.29 is 0 Å². The molecule has 0 radical (unpaired) electrons. The molecule has 1 aliphatic carbocycles. The van der Waals surface area contributed by atoms with Crippen LogP contribution in [0.25, 0.3) is 0 Å². The molecule has 0 aromatic carbocycles. The number of aromatic nitrogens is 2. The van der Waals surface area contributed by atoms with Crippen LogP contribution in [0.1, 0.15) is 19.8 Å². The minimum Gasteiger partial charge on any atom is -0.373 e. The number of nitrogens with zero attached hydrogens (tertiary/aromatic N) is 2. The van der Waals surface area contributed by atoms with Crippen LogP contribution in [0.15, 0.2) is 12.4 Å². The third kappa shape index (κ3) is 1.95. The molecule has 1 aliphatic rings. The van der Waals surface area contributed by atoms with Gasteiger partial charge in [0, 0.05) is 19.2 Å². The maximum absolute atomic E-state index is 4.17. The molecule has 14 heavy (non-hydrogen) atoms. The summed E-state index contributed by atoms with van der Waals surface area (Å²) < 4.78 is 0. The smallest absolute Gasteiger partial charge is 0.131 e. The van der Waals surface area contributed by atoms with Crippen molar-refractivity contribution in [2.24, 2.45) is 5.92 Å². The van der Waals surface area contributed by atoms with Crippen molar-refractivity contribution in [2.45, 2.75) is 25.8 Å². The van der Waals surface area contributed by atoms with Crippen LogP contribution in [0.5, 0.6) is 0 Å². The lowest BCUT2D eigenvalue weighted by Gasteiger charge is -2.33. The van der Waals surface area contributed by atoms with Crippen LogP contribution in [0, 0.1) is 5.92 Å². The van der Waals surface area contributed by atoms with E-state index in [2.05, 4.69) is 27.5 Å². The summed E-state index contributed by atoms with van der Waals surface area (Å²) in [4.78, 5) is 8.23. The second-order valence-electron chi connectivity index (χ2n) is 3.96. The van der Waals surface area contributed by atoms with Crippen molar-refractivity contribution in [2.75, 3.05) is 17.7 Å². The normalized spacial score (nSPS) is 25.3. The Kier molecular flexibility index (Phi) is 2.52. The zero-order chi connectivity index (χ0) is 9.97.